The van der Waals surface area contributed by atoms with Crippen LogP contribution < -0.4 is 15.4 Å². The summed E-state index contributed by atoms with van der Waals surface area (Å²) in [7, 11) is -3.91. The van der Waals surface area contributed by atoms with Crippen LogP contribution in [-0.4, -0.2) is 26.3 Å². The van der Waals surface area contributed by atoms with E-state index >= 15 is 0 Å². The van der Waals surface area contributed by atoms with Crippen molar-refractivity contribution in [3.8, 4) is 0 Å². The number of para-hydroxylation sites is 2. The third-order valence-corrected chi connectivity index (χ3v) is 7.65. The van der Waals surface area contributed by atoms with E-state index in [1.807, 2.05) is 0 Å². The number of benzene rings is 3. The number of carbonyl (C=O) groups is 2. The van der Waals surface area contributed by atoms with Crippen LogP contribution in [0.4, 0.5) is 11.4 Å². The molecule has 3 aromatic carbocycles. The molecule has 0 bridgehead atoms. The third-order valence-electron chi connectivity index (χ3n) is 6.13. The van der Waals surface area contributed by atoms with Crippen LogP contribution in [0.3, 0.4) is 0 Å². The fourth-order valence-electron chi connectivity index (χ4n) is 4.24. The van der Waals surface area contributed by atoms with E-state index in [1.165, 1.54) is 12.5 Å². The Labute approximate surface area is 206 Å². The summed E-state index contributed by atoms with van der Waals surface area (Å²) >= 11 is 0. The molecule has 0 aromatic heterocycles. The summed E-state index contributed by atoms with van der Waals surface area (Å²) in [6.45, 7) is 1.67. The molecule has 0 spiro atoms. The average molecular weight is 492 g/mol. The normalized spacial score (nSPS) is 14.2. The third kappa shape index (κ3) is 6.08. The zero-order valence-electron chi connectivity index (χ0n) is 19.6. The molecule has 1 saturated carbocycles. The lowest BCUT2D eigenvalue weighted by atomic mass is 9.95. The van der Waals surface area contributed by atoms with Crippen molar-refractivity contribution in [1.29, 1.82) is 0 Å². The second-order valence-electron chi connectivity index (χ2n) is 8.76. The van der Waals surface area contributed by atoms with Gasteiger partial charge >= 0.3 is 0 Å². The summed E-state index contributed by atoms with van der Waals surface area (Å²) in [6.07, 6.45) is 5.30. The van der Waals surface area contributed by atoms with Gasteiger partial charge in [-0.25, -0.2) is 8.42 Å². The number of hydrogen-bond donors (Lipinski definition) is 3. The first-order chi connectivity index (χ1) is 16.8. The Hall–Kier alpha value is -3.65. The summed E-state index contributed by atoms with van der Waals surface area (Å²) in [5.74, 6) is -0.730. The molecule has 3 N–H and O–H groups in total. The molecule has 0 unspecified atom stereocenters. The fourth-order valence-corrected chi connectivity index (χ4v) is 5.57. The number of nitrogens with one attached hydrogen (secondary N) is 3. The van der Waals surface area contributed by atoms with Gasteiger partial charge < -0.3 is 10.6 Å². The first-order valence-electron chi connectivity index (χ1n) is 11.7. The Balaban J connectivity index is 1.53. The largest absolute Gasteiger partial charge is 0.349 e. The summed E-state index contributed by atoms with van der Waals surface area (Å²) in [5.41, 5.74) is 1.86. The molecule has 2 amide bonds. The maximum Gasteiger partial charge on any atom is 0.262 e. The van der Waals surface area contributed by atoms with Gasteiger partial charge in [0.25, 0.3) is 21.8 Å². The predicted molar refractivity (Wildman–Crippen MR) is 137 cm³/mol. The van der Waals surface area contributed by atoms with Gasteiger partial charge in [0, 0.05) is 17.3 Å². The van der Waals surface area contributed by atoms with Crippen LogP contribution in [0.5, 0.6) is 0 Å². The molecule has 0 saturated heterocycles. The smallest absolute Gasteiger partial charge is 0.262 e. The Morgan fingerprint density at radius 1 is 0.829 bits per heavy atom. The van der Waals surface area contributed by atoms with Gasteiger partial charge in [-0.1, -0.05) is 55.7 Å². The van der Waals surface area contributed by atoms with Gasteiger partial charge in [-0.3, -0.25) is 14.3 Å². The Bertz CT molecular complexity index is 1320. The molecule has 0 radical (unpaired) electrons. The van der Waals surface area contributed by atoms with E-state index in [9.17, 15) is 18.0 Å². The van der Waals surface area contributed by atoms with Gasteiger partial charge in [0.1, 0.15) is 0 Å². The van der Waals surface area contributed by atoms with Crippen molar-refractivity contribution >= 4 is 33.2 Å². The molecule has 35 heavy (non-hydrogen) atoms. The second-order valence-corrected chi connectivity index (χ2v) is 10.4. The molecular formula is C27H29N3O4S. The lowest BCUT2D eigenvalue weighted by Gasteiger charge is -2.23. The summed E-state index contributed by atoms with van der Waals surface area (Å²) in [5, 5.41) is 5.85. The predicted octanol–water partition coefficient (Wildman–Crippen LogP) is 5.11. The molecule has 7 nitrogen and oxygen atoms in total. The summed E-state index contributed by atoms with van der Waals surface area (Å²) < 4.78 is 28.5. The quantitative estimate of drug-likeness (QED) is 0.427. The topological polar surface area (TPSA) is 104 Å². The summed E-state index contributed by atoms with van der Waals surface area (Å²) in [4.78, 5) is 26.0. The van der Waals surface area contributed by atoms with Crippen molar-refractivity contribution in [1.82, 2.24) is 5.32 Å². The number of aryl methyl sites for hydroxylation is 1. The number of anilines is 2. The first-order valence-corrected chi connectivity index (χ1v) is 13.2. The van der Waals surface area contributed by atoms with Crippen molar-refractivity contribution < 1.29 is 18.0 Å². The number of sulfonamides is 1. The molecule has 8 heteroatoms. The van der Waals surface area contributed by atoms with E-state index < -0.39 is 15.9 Å². The van der Waals surface area contributed by atoms with Crippen LogP contribution in [0.2, 0.25) is 0 Å². The van der Waals surface area contributed by atoms with Gasteiger partial charge in [-0.2, -0.15) is 0 Å². The molecular weight excluding hydrogens is 462 g/mol. The zero-order chi connectivity index (χ0) is 24.8. The molecule has 3 aromatic rings. The fraction of sp³-hybridized carbons (Fsp3) is 0.259. The number of hydrogen-bond acceptors (Lipinski definition) is 4. The van der Waals surface area contributed by atoms with Crippen LogP contribution >= 0.6 is 0 Å². The molecule has 1 aliphatic carbocycles. The summed E-state index contributed by atoms with van der Waals surface area (Å²) in [6, 6.07) is 20.0. The molecule has 4 rings (SSSR count). The monoisotopic (exact) mass is 491 g/mol. The first kappa shape index (κ1) is 24.5. The number of amides is 2. The standard InChI is InChI=1S/C27H29N3O4S/c1-19-16-17-20(18-25(19)35(33,34)30-22-12-6-3-7-13-22)26(31)29-24-15-9-8-14-23(24)27(32)28-21-10-4-2-5-11-21/h3,6-9,12-18,21,30H,2,4-5,10-11H2,1H3,(H,28,32)(H,29,31). The molecule has 0 aliphatic heterocycles. The number of rotatable bonds is 7. The highest BCUT2D eigenvalue weighted by Crippen LogP contribution is 2.23. The van der Waals surface area contributed by atoms with Gasteiger partial charge in [0.05, 0.1) is 16.1 Å². The Morgan fingerprint density at radius 3 is 2.26 bits per heavy atom. The van der Waals surface area contributed by atoms with Crippen LogP contribution in [0.25, 0.3) is 0 Å². The van der Waals surface area contributed by atoms with E-state index in [-0.39, 0.29) is 22.4 Å². The molecule has 1 aliphatic rings. The van der Waals surface area contributed by atoms with Crippen LogP contribution in [-0.2, 0) is 10.0 Å². The maximum absolute atomic E-state index is 13.1. The lowest BCUT2D eigenvalue weighted by Crippen LogP contribution is -2.36. The van der Waals surface area contributed by atoms with E-state index in [1.54, 1.807) is 73.7 Å². The Kier molecular flexibility index (Phi) is 7.51. The van der Waals surface area contributed by atoms with Crippen molar-refractivity contribution in [3.63, 3.8) is 0 Å². The SMILES string of the molecule is Cc1ccc(C(=O)Nc2ccccc2C(=O)NC2CCCCC2)cc1S(=O)(=O)Nc1ccccc1. The maximum atomic E-state index is 13.1. The lowest BCUT2D eigenvalue weighted by molar-refractivity contribution is 0.0928. The van der Waals surface area contributed by atoms with E-state index in [2.05, 4.69) is 15.4 Å². The minimum atomic E-state index is -3.91. The van der Waals surface area contributed by atoms with Crippen molar-refractivity contribution in [2.75, 3.05) is 10.0 Å². The van der Waals surface area contributed by atoms with Gasteiger partial charge in [-0.05, 0) is 61.7 Å². The van der Waals surface area contributed by atoms with Gasteiger partial charge in [0.15, 0.2) is 0 Å². The highest BCUT2D eigenvalue weighted by Gasteiger charge is 2.22. The zero-order valence-corrected chi connectivity index (χ0v) is 20.4. The van der Waals surface area contributed by atoms with Crippen LogP contribution in [0.1, 0.15) is 58.4 Å². The van der Waals surface area contributed by atoms with Crippen molar-refractivity contribution in [2.45, 2.75) is 50.0 Å². The minimum Gasteiger partial charge on any atom is -0.349 e. The molecule has 1 fully saturated rings. The highest BCUT2D eigenvalue weighted by molar-refractivity contribution is 7.92. The molecule has 182 valence electrons. The van der Waals surface area contributed by atoms with Crippen LogP contribution in [0.15, 0.2) is 77.7 Å². The van der Waals surface area contributed by atoms with Crippen LogP contribution in [0, 0.1) is 6.92 Å². The minimum absolute atomic E-state index is 0.0114. The van der Waals surface area contributed by atoms with E-state index in [0.717, 1.165) is 25.7 Å². The van der Waals surface area contributed by atoms with E-state index in [4.69, 9.17) is 0 Å². The average Bonchev–Trinajstić information content (AvgIpc) is 2.85. The Morgan fingerprint density at radius 2 is 1.51 bits per heavy atom. The van der Waals surface area contributed by atoms with Gasteiger partial charge in [-0.15, -0.1) is 0 Å². The molecule has 0 atom stereocenters. The highest BCUT2D eigenvalue weighted by atomic mass is 32.2. The van der Waals surface area contributed by atoms with E-state index in [0.29, 0.717) is 22.5 Å². The molecule has 0 heterocycles. The van der Waals surface area contributed by atoms with Gasteiger partial charge in [0.2, 0.25) is 0 Å². The van der Waals surface area contributed by atoms with Crippen molar-refractivity contribution in [3.05, 3.63) is 89.5 Å². The number of carbonyl (C=O) groups excluding carboxylic acids is 2. The van der Waals surface area contributed by atoms with Crippen molar-refractivity contribution in [2.24, 2.45) is 0 Å². The second kappa shape index (κ2) is 10.7.